The summed E-state index contributed by atoms with van der Waals surface area (Å²) < 4.78 is 46.5. The van der Waals surface area contributed by atoms with Crippen LogP contribution in [0, 0.1) is 10.8 Å². The van der Waals surface area contributed by atoms with Gasteiger partial charge in [0.05, 0.1) is 63.4 Å². The van der Waals surface area contributed by atoms with Crippen LogP contribution in [0.3, 0.4) is 0 Å². The summed E-state index contributed by atoms with van der Waals surface area (Å²) in [7, 11) is 5.42. The highest BCUT2D eigenvalue weighted by molar-refractivity contribution is 5.83. The van der Waals surface area contributed by atoms with Gasteiger partial charge in [0.1, 0.15) is 12.2 Å². The number of fused-ring (bicyclic) bond motifs is 6. The van der Waals surface area contributed by atoms with E-state index in [9.17, 15) is 34.8 Å². The first-order chi connectivity index (χ1) is 25.2. The van der Waals surface area contributed by atoms with E-state index in [0.29, 0.717) is 24.0 Å². The average molecular weight is 769 g/mol. The molecule has 15 heteroatoms. The fraction of sp³-hybridized carbons (Fsp3) is 0.769. The molecule has 0 aromatic carbocycles. The van der Waals surface area contributed by atoms with Gasteiger partial charge in [-0.2, -0.15) is 0 Å². The largest absolute Gasteiger partial charge is 0.466 e. The van der Waals surface area contributed by atoms with Gasteiger partial charge in [-0.15, -0.1) is 0 Å². The van der Waals surface area contributed by atoms with Crippen LogP contribution in [0.25, 0.3) is 0 Å². The Morgan fingerprint density at radius 3 is 2.15 bits per heavy atom. The van der Waals surface area contributed by atoms with Crippen LogP contribution in [0.2, 0.25) is 0 Å². The van der Waals surface area contributed by atoms with E-state index in [1.165, 1.54) is 47.5 Å². The second-order valence-corrected chi connectivity index (χ2v) is 16.1. The second kappa shape index (κ2) is 17.6. The number of carbonyl (C=O) groups is 3. The van der Waals surface area contributed by atoms with Gasteiger partial charge in [-0.3, -0.25) is 4.79 Å². The van der Waals surface area contributed by atoms with Gasteiger partial charge in [0, 0.05) is 62.9 Å². The number of hydrogen-bond acceptors (Lipinski definition) is 15. The highest BCUT2D eigenvalue weighted by atomic mass is 16.7. The van der Waals surface area contributed by atoms with Gasteiger partial charge in [-0.05, 0) is 31.8 Å². The summed E-state index contributed by atoms with van der Waals surface area (Å²) in [6.07, 6.45) is -1.72. The third-order valence-corrected chi connectivity index (χ3v) is 11.4. The van der Waals surface area contributed by atoms with Crippen LogP contribution in [0.1, 0.15) is 86.0 Å². The summed E-state index contributed by atoms with van der Waals surface area (Å²) in [4.78, 5) is 38.2. The summed E-state index contributed by atoms with van der Waals surface area (Å²) in [5.41, 5.74) is -1.18. The Balaban J connectivity index is 1.84. The monoisotopic (exact) mass is 768 g/mol. The SMILES string of the molecule is COC(=O)/C=C1\CC2/C=C/C(C)(C)C3(O)OC(C/C(=C\C(=O)OC)C3OC)CC(C(C)O)OC(=O)CC(O)CC3CC(OC)C(C)(C)C(O)(CC(C1)O2)O3. The molecule has 4 aliphatic heterocycles. The van der Waals surface area contributed by atoms with Gasteiger partial charge in [0.15, 0.2) is 5.79 Å². The van der Waals surface area contributed by atoms with Crippen LogP contribution >= 0.6 is 0 Å². The van der Waals surface area contributed by atoms with Gasteiger partial charge in [-0.1, -0.05) is 45.4 Å². The number of ether oxygens (including phenoxy) is 8. The summed E-state index contributed by atoms with van der Waals surface area (Å²) in [5.74, 6) is -5.99. The molecule has 0 aromatic heterocycles. The predicted molar refractivity (Wildman–Crippen MR) is 191 cm³/mol. The Hall–Kier alpha value is -2.73. The molecule has 306 valence electrons. The maximum atomic E-state index is 13.2. The molecular weight excluding hydrogens is 708 g/mol. The third-order valence-electron chi connectivity index (χ3n) is 11.4. The molecule has 0 spiro atoms. The van der Waals surface area contributed by atoms with Crippen LogP contribution in [-0.4, -0.2) is 133 Å². The van der Waals surface area contributed by atoms with Crippen molar-refractivity contribution in [3.8, 4) is 0 Å². The van der Waals surface area contributed by atoms with Gasteiger partial charge >= 0.3 is 17.9 Å². The molecule has 0 saturated carbocycles. The predicted octanol–water partition coefficient (Wildman–Crippen LogP) is 2.55. The minimum Gasteiger partial charge on any atom is -0.466 e. The lowest BCUT2D eigenvalue weighted by atomic mass is 9.70. The van der Waals surface area contributed by atoms with Crippen molar-refractivity contribution in [2.45, 2.75) is 152 Å². The molecule has 11 atom stereocenters. The van der Waals surface area contributed by atoms with Crippen LogP contribution < -0.4 is 0 Å². The zero-order valence-corrected chi connectivity index (χ0v) is 32.9. The van der Waals surface area contributed by atoms with Crippen LogP contribution in [0.5, 0.6) is 0 Å². The molecule has 4 heterocycles. The molecule has 54 heavy (non-hydrogen) atoms. The van der Waals surface area contributed by atoms with Gasteiger partial charge in [0.2, 0.25) is 5.79 Å². The zero-order chi connectivity index (χ0) is 40.2. The quantitative estimate of drug-likeness (QED) is 0.137. The van der Waals surface area contributed by atoms with Crippen LogP contribution in [0.4, 0.5) is 0 Å². The molecule has 0 radical (unpaired) electrons. The van der Waals surface area contributed by atoms with E-state index in [-0.39, 0.29) is 32.1 Å². The van der Waals surface area contributed by atoms with Crippen molar-refractivity contribution in [3.05, 3.63) is 35.5 Å². The number of carbonyl (C=O) groups excluding carboxylic acids is 3. The maximum Gasteiger partial charge on any atom is 0.330 e. The summed E-state index contributed by atoms with van der Waals surface area (Å²) in [6.45, 7) is 8.51. The van der Waals surface area contributed by atoms with Crippen molar-refractivity contribution in [1.82, 2.24) is 0 Å². The van der Waals surface area contributed by atoms with Crippen molar-refractivity contribution in [2.24, 2.45) is 10.8 Å². The first-order valence-corrected chi connectivity index (χ1v) is 18.5. The number of esters is 3. The first kappa shape index (κ1) is 44.0. The van der Waals surface area contributed by atoms with Crippen molar-refractivity contribution in [3.63, 3.8) is 0 Å². The summed E-state index contributed by atoms with van der Waals surface area (Å²) in [6, 6.07) is 0. The van der Waals surface area contributed by atoms with Crippen molar-refractivity contribution in [1.29, 1.82) is 0 Å². The summed E-state index contributed by atoms with van der Waals surface area (Å²) in [5, 5.41) is 46.6. The molecule has 11 unspecified atom stereocenters. The third kappa shape index (κ3) is 9.79. The first-order valence-electron chi connectivity index (χ1n) is 18.5. The molecule has 3 saturated heterocycles. The van der Waals surface area contributed by atoms with Gasteiger partial charge < -0.3 is 58.3 Å². The zero-order valence-electron chi connectivity index (χ0n) is 32.9. The van der Waals surface area contributed by atoms with Crippen molar-refractivity contribution >= 4 is 17.9 Å². The Morgan fingerprint density at radius 2 is 1.54 bits per heavy atom. The van der Waals surface area contributed by atoms with Gasteiger partial charge in [0.25, 0.3) is 0 Å². The van der Waals surface area contributed by atoms with E-state index in [1.807, 2.05) is 13.8 Å². The number of cyclic esters (lactones) is 1. The smallest absolute Gasteiger partial charge is 0.330 e. The fourth-order valence-electron chi connectivity index (χ4n) is 8.09. The maximum absolute atomic E-state index is 13.2. The number of aliphatic hydroxyl groups is 4. The molecular formula is C39H60O15. The molecule has 3 fully saturated rings. The second-order valence-electron chi connectivity index (χ2n) is 16.1. The lowest BCUT2D eigenvalue weighted by molar-refractivity contribution is -0.350. The molecule has 4 aliphatic rings. The van der Waals surface area contributed by atoms with Crippen molar-refractivity contribution in [2.75, 3.05) is 28.4 Å². The van der Waals surface area contributed by atoms with E-state index in [1.54, 1.807) is 26.0 Å². The van der Waals surface area contributed by atoms with E-state index in [0.717, 1.165) is 0 Å². The minimum absolute atomic E-state index is 0.0367. The summed E-state index contributed by atoms with van der Waals surface area (Å²) >= 11 is 0. The van der Waals surface area contributed by atoms with E-state index < -0.39 is 102 Å². The minimum atomic E-state index is -2.14. The van der Waals surface area contributed by atoms with Crippen LogP contribution in [-0.2, 0) is 52.3 Å². The van der Waals surface area contributed by atoms with E-state index in [4.69, 9.17) is 37.9 Å². The standard InChI is InChI=1S/C39H60O15/c1-22(40)30-19-27-15-24(16-33(43)49-8)35(50-9)39(46,54-27)36(2,3)11-10-26-12-23(14-32(42)48-7)13-29(51-26)21-38(45)37(4,5)31(47-6)20-28(53-38)17-25(41)18-34(44)52-30/h10-11,14,16,22,25-31,35,40-41,45-46H,12-13,15,17-21H2,1-9H3/b11-10+,23-14+,24-16+. The highest BCUT2D eigenvalue weighted by Crippen LogP contribution is 2.50. The molecule has 4 N–H and O–H groups in total. The Labute approximate surface area is 317 Å². The van der Waals surface area contributed by atoms with Gasteiger partial charge in [-0.25, -0.2) is 9.59 Å². The Kier molecular flexibility index (Phi) is 14.3. The number of rotatable bonds is 5. The van der Waals surface area contributed by atoms with Crippen molar-refractivity contribution < 1.29 is 72.7 Å². The Morgan fingerprint density at radius 1 is 0.870 bits per heavy atom. The Bertz CT molecular complexity index is 1430. The molecule has 6 bridgehead atoms. The lowest BCUT2D eigenvalue weighted by Crippen LogP contribution is -2.62. The molecule has 0 aliphatic carbocycles. The number of methoxy groups -OCH3 is 4. The lowest BCUT2D eigenvalue weighted by Gasteiger charge is -2.54. The number of aliphatic hydroxyl groups excluding tert-OH is 2. The topological polar surface area (TPSA) is 206 Å². The molecule has 0 aromatic rings. The average Bonchev–Trinajstić information content (AvgIpc) is 3.07. The van der Waals surface area contributed by atoms with E-state index in [2.05, 4.69) is 0 Å². The molecule has 0 amide bonds. The van der Waals surface area contributed by atoms with Crippen LogP contribution in [0.15, 0.2) is 35.5 Å². The fourth-order valence-corrected chi connectivity index (χ4v) is 8.09. The highest BCUT2D eigenvalue weighted by Gasteiger charge is 2.58. The normalized spacial score (nSPS) is 40.2. The molecule has 4 rings (SSSR count). The molecule has 15 nitrogen and oxygen atoms in total. The number of hydrogen-bond donors (Lipinski definition) is 4. The van der Waals surface area contributed by atoms with E-state index >= 15 is 0 Å².